The Kier molecular flexibility index (Phi) is 1.14. The van der Waals surface area contributed by atoms with Crippen LogP contribution in [0.25, 0.3) is 0 Å². The molecule has 0 aromatic carbocycles. The molecule has 2 unspecified atom stereocenters. The van der Waals surface area contributed by atoms with Gasteiger partial charge in [0.25, 0.3) is 0 Å². The van der Waals surface area contributed by atoms with Crippen molar-refractivity contribution in [1.82, 2.24) is 0 Å². The Balaban J connectivity index is 2.41. The summed E-state index contributed by atoms with van der Waals surface area (Å²) in [6.07, 6.45) is 5.38. The highest BCUT2D eigenvalue weighted by Gasteiger charge is 2.32. The maximum atomic E-state index is 5.86. The molecule has 48 valence electrons. The molecule has 0 saturated heterocycles. The second-order valence-corrected chi connectivity index (χ2v) is 3.34. The number of hydrogen-bond donors (Lipinski definition) is 0. The van der Waals surface area contributed by atoms with Crippen LogP contribution in [-0.4, -0.2) is 0 Å². The second kappa shape index (κ2) is 1.77. The zero-order valence-electron chi connectivity index (χ0n) is 4.77. The van der Waals surface area contributed by atoms with E-state index in [4.69, 9.17) is 23.2 Å². The van der Waals surface area contributed by atoms with Gasteiger partial charge in [-0.1, -0.05) is 35.4 Å². The largest absolute Gasteiger partial charge is 0.0872 e. The van der Waals surface area contributed by atoms with E-state index in [9.17, 15) is 0 Å². The van der Waals surface area contributed by atoms with Crippen LogP contribution in [0.2, 0.25) is 0 Å². The number of fused-ring (bicyclic) bond motifs is 2. The van der Waals surface area contributed by atoms with Crippen LogP contribution in [0.1, 0.15) is 6.42 Å². The molecule has 0 nitrogen and oxygen atoms in total. The molecular weight excluding hydrogens is 155 g/mol. The van der Waals surface area contributed by atoms with Crippen LogP contribution in [-0.2, 0) is 0 Å². The van der Waals surface area contributed by atoms with Crippen molar-refractivity contribution in [3.63, 3.8) is 0 Å². The highest BCUT2D eigenvalue weighted by molar-refractivity contribution is 6.40. The molecule has 2 rings (SSSR count). The van der Waals surface area contributed by atoms with Gasteiger partial charge in [0.1, 0.15) is 0 Å². The van der Waals surface area contributed by atoms with Gasteiger partial charge in [-0.05, 0) is 6.42 Å². The molecule has 0 heterocycles. The third kappa shape index (κ3) is 0.667. The molecule has 2 atom stereocenters. The molecule has 0 aromatic heterocycles. The van der Waals surface area contributed by atoms with E-state index in [0.717, 1.165) is 16.5 Å². The molecule has 2 bridgehead atoms. The number of rotatable bonds is 0. The number of allylic oxidation sites excluding steroid dienone is 4. The van der Waals surface area contributed by atoms with Crippen LogP contribution in [0.3, 0.4) is 0 Å². The van der Waals surface area contributed by atoms with E-state index in [1.165, 1.54) is 0 Å². The van der Waals surface area contributed by atoms with E-state index in [1.807, 2.05) is 0 Å². The predicted octanol–water partition coefficient (Wildman–Crippen LogP) is 2.88. The van der Waals surface area contributed by atoms with E-state index in [0.29, 0.717) is 11.8 Å². The van der Waals surface area contributed by atoms with E-state index in [2.05, 4.69) is 12.2 Å². The fourth-order valence-electron chi connectivity index (χ4n) is 1.43. The monoisotopic (exact) mass is 160 g/mol. The van der Waals surface area contributed by atoms with Crippen molar-refractivity contribution in [3.8, 4) is 0 Å². The Hall–Kier alpha value is 0.0600. The molecule has 0 amide bonds. The van der Waals surface area contributed by atoms with E-state index in [1.54, 1.807) is 0 Å². The molecule has 0 N–H and O–H groups in total. The summed E-state index contributed by atoms with van der Waals surface area (Å²) < 4.78 is 0. The summed E-state index contributed by atoms with van der Waals surface area (Å²) in [5.41, 5.74) is 0. The Labute approximate surface area is 64.1 Å². The number of hydrogen-bond acceptors (Lipinski definition) is 0. The lowest BCUT2D eigenvalue weighted by molar-refractivity contribution is 0.723. The van der Waals surface area contributed by atoms with E-state index < -0.39 is 0 Å². The highest BCUT2D eigenvalue weighted by Crippen LogP contribution is 2.46. The second-order valence-electron chi connectivity index (χ2n) is 2.53. The molecule has 0 radical (unpaired) electrons. The van der Waals surface area contributed by atoms with Crippen molar-refractivity contribution in [2.45, 2.75) is 6.42 Å². The first kappa shape index (κ1) is 5.82. The van der Waals surface area contributed by atoms with Gasteiger partial charge < -0.3 is 0 Å². The Morgan fingerprint density at radius 3 is 1.78 bits per heavy atom. The Morgan fingerprint density at radius 1 is 1.11 bits per heavy atom. The van der Waals surface area contributed by atoms with Gasteiger partial charge in [0.05, 0.1) is 0 Å². The first-order valence-electron chi connectivity index (χ1n) is 3.02. The van der Waals surface area contributed by atoms with Gasteiger partial charge in [-0.25, -0.2) is 0 Å². The van der Waals surface area contributed by atoms with Gasteiger partial charge >= 0.3 is 0 Å². The van der Waals surface area contributed by atoms with Crippen LogP contribution in [0.4, 0.5) is 0 Å². The van der Waals surface area contributed by atoms with Crippen molar-refractivity contribution < 1.29 is 0 Å². The molecular formula is C7H6Cl2. The molecule has 2 heteroatoms. The smallest absolute Gasteiger partial charge is 0.0400 e. The zero-order chi connectivity index (χ0) is 6.43. The van der Waals surface area contributed by atoms with Gasteiger partial charge in [-0.3, -0.25) is 0 Å². The normalized spacial score (nSPS) is 38.9. The first-order chi connectivity index (χ1) is 4.29. The lowest BCUT2D eigenvalue weighted by atomic mass is 10.2. The molecule has 9 heavy (non-hydrogen) atoms. The van der Waals surface area contributed by atoms with E-state index >= 15 is 0 Å². The predicted molar refractivity (Wildman–Crippen MR) is 39.5 cm³/mol. The van der Waals surface area contributed by atoms with Crippen molar-refractivity contribution >= 4 is 23.2 Å². The number of halogens is 2. The van der Waals surface area contributed by atoms with Crippen molar-refractivity contribution in [3.05, 3.63) is 22.2 Å². The van der Waals surface area contributed by atoms with Crippen LogP contribution in [0, 0.1) is 11.8 Å². The zero-order valence-corrected chi connectivity index (χ0v) is 6.28. The minimum Gasteiger partial charge on any atom is -0.0872 e. The third-order valence-electron chi connectivity index (χ3n) is 1.96. The first-order valence-corrected chi connectivity index (χ1v) is 3.78. The molecule has 0 spiro atoms. The summed E-state index contributed by atoms with van der Waals surface area (Å²) in [7, 11) is 0. The lowest BCUT2D eigenvalue weighted by Crippen LogP contribution is -1.86. The molecule has 0 fully saturated rings. The van der Waals surface area contributed by atoms with Crippen LogP contribution < -0.4 is 0 Å². The average Bonchev–Trinajstić information content (AvgIpc) is 2.37. The molecule has 0 saturated carbocycles. The van der Waals surface area contributed by atoms with Crippen LogP contribution in [0.15, 0.2) is 22.2 Å². The standard InChI is InChI=1S/C7H6Cl2/c8-6-4-1-2-5(3-4)7(6)9/h1-2,4-5H,3H2. The van der Waals surface area contributed by atoms with Gasteiger partial charge in [0.2, 0.25) is 0 Å². The molecule has 0 aromatic rings. The van der Waals surface area contributed by atoms with Crippen molar-refractivity contribution in [2.75, 3.05) is 0 Å². The van der Waals surface area contributed by atoms with Gasteiger partial charge in [0.15, 0.2) is 0 Å². The Morgan fingerprint density at radius 2 is 1.56 bits per heavy atom. The van der Waals surface area contributed by atoms with Gasteiger partial charge in [-0.2, -0.15) is 0 Å². The minimum atomic E-state index is 0.448. The fourth-order valence-corrected chi connectivity index (χ4v) is 2.03. The maximum Gasteiger partial charge on any atom is 0.0400 e. The summed E-state index contributed by atoms with van der Waals surface area (Å²) in [5, 5.41) is 1.73. The summed E-state index contributed by atoms with van der Waals surface area (Å²) in [5.74, 6) is 0.897. The lowest BCUT2D eigenvalue weighted by Gasteiger charge is -2.01. The van der Waals surface area contributed by atoms with Crippen LogP contribution in [0.5, 0.6) is 0 Å². The summed E-state index contributed by atoms with van der Waals surface area (Å²) in [6, 6.07) is 0. The van der Waals surface area contributed by atoms with Crippen LogP contribution >= 0.6 is 23.2 Å². The Bertz CT molecular complexity index is 183. The summed E-state index contributed by atoms with van der Waals surface area (Å²) in [4.78, 5) is 0. The third-order valence-corrected chi connectivity index (χ3v) is 3.03. The van der Waals surface area contributed by atoms with Crippen molar-refractivity contribution in [2.24, 2.45) is 11.8 Å². The summed E-state index contributed by atoms with van der Waals surface area (Å²) >= 11 is 11.7. The molecule has 0 aliphatic heterocycles. The van der Waals surface area contributed by atoms with Gasteiger partial charge in [0, 0.05) is 21.9 Å². The molecule has 2 aliphatic rings. The molecule has 2 aliphatic carbocycles. The summed E-state index contributed by atoms with van der Waals surface area (Å²) in [6.45, 7) is 0. The quantitative estimate of drug-likeness (QED) is 0.479. The maximum absolute atomic E-state index is 5.86. The van der Waals surface area contributed by atoms with E-state index in [-0.39, 0.29) is 0 Å². The SMILES string of the molecule is ClC1=C(Cl)C2C=CC1C2. The minimum absolute atomic E-state index is 0.448. The van der Waals surface area contributed by atoms with Crippen molar-refractivity contribution in [1.29, 1.82) is 0 Å². The van der Waals surface area contributed by atoms with Gasteiger partial charge in [-0.15, -0.1) is 0 Å². The topological polar surface area (TPSA) is 0 Å². The fraction of sp³-hybridized carbons (Fsp3) is 0.429. The highest BCUT2D eigenvalue weighted by atomic mass is 35.5. The average molecular weight is 161 g/mol.